The molecule has 0 aliphatic heterocycles. The Balaban J connectivity index is 1.26. The molecule has 1 saturated carbocycles. The minimum atomic E-state index is -0.281. The molecule has 0 radical (unpaired) electrons. The number of rotatable bonds is 5. The maximum Gasteiger partial charge on any atom is 0.138 e. The lowest BCUT2D eigenvalue weighted by atomic mass is 9.98. The van der Waals surface area contributed by atoms with E-state index in [0.717, 1.165) is 74.2 Å². The Kier molecular flexibility index (Phi) is 5.57. The molecule has 38 heavy (non-hydrogen) atoms. The summed E-state index contributed by atoms with van der Waals surface area (Å²) in [5.74, 6) is 0.494. The molecule has 0 spiro atoms. The van der Waals surface area contributed by atoms with Gasteiger partial charge in [-0.3, -0.25) is 20.1 Å². The number of pyridine rings is 3. The first kappa shape index (κ1) is 22.6. The Morgan fingerprint density at radius 3 is 2.61 bits per heavy atom. The van der Waals surface area contributed by atoms with E-state index in [4.69, 9.17) is 4.74 Å². The molecule has 0 saturated heterocycles. The van der Waals surface area contributed by atoms with Crippen LogP contribution in [-0.4, -0.2) is 36.2 Å². The van der Waals surface area contributed by atoms with Gasteiger partial charge in [0.1, 0.15) is 17.3 Å². The minimum Gasteiger partial charge on any atom is -0.489 e. The molecule has 0 unspecified atom stereocenters. The van der Waals surface area contributed by atoms with Crippen molar-refractivity contribution in [3.05, 3.63) is 79.3 Å². The smallest absolute Gasteiger partial charge is 0.138 e. The van der Waals surface area contributed by atoms with E-state index < -0.39 is 0 Å². The summed E-state index contributed by atoms with van der Waals surface area (Å²) in [6.07, 6.45) is 15.1. The Morgan fingerprint density at radius 1 is 0.816 bits per heavy atom. The third-order valence-corrected chi connectivity index (χ3v) is 7.25. The first-order valence-corrected chi connectivity index (χ1v) is 12.9. The number of hydrogen-bond donors (Lipinski definition) is 2. The number of aromatic amines is 2. The molecule has 7 rings (SSSR count). The Bertz CT molecular complexity index is 1770. The van der Waals surface area contributed by atoms with Gasteiger partial charge in [-0.05, 0) is 61.6 Å². The number of benzene rings is 1. The molecule has 1 fully saturated rings. The summed E-state index contributed by atoms with van der Waals surface area (Å²) in [6, 6.07) is 12.6. The van der Waals surface area contributed by atoms with Crippen molar-refractivity contribution in [1.82, 2.24) is 30.1 Å². The van der Waals surface area contributed by atoms with E-state index >= 15 is 0 Å². The predicted molar refractivity (Wildman–Crippen MR) is 145 cm³/mol. The molecule has 5 heterocycles. The van der Waals surface area contributed by atoms with Crippen LogP contribution in [0.2, 0.25) is 0 Å². The molecule has 6 aromatic rings. The molecule has 0 amide bonds. The fourth-order valence-corrected chi connectivity index (χ4v) is 5.34. The third kappa shape index (κ3) is 4.18. The largest absolute Gasteiger partial charge is 0.489 e. The molecule has 0 bridgehead atoms. The van der Waals surface area contributed by atoms with E-state index in [2.05, 4.69) is 30.1 Å². The number of nitrogens with one attached hydrogen (secondary N) is 2. The summed E-state index contributed by atoms with van der Waals surface area (Å²) in [5, 5.41) is 9.56. The fourth-order valence-electron chi connectivity index (χ4n) is 5.34. The van der Waals surface area contributed by atoms with E-state index in [-0.39, 0.29) is 11.9 Å². The van der Waals surface area contributed by atoms with Crippen LogP contribution < -0.4 is 4.74 Å². The first-order valence-electron chi connectivity index (χ1n) is 12.9. The lowest BCUT2D eigenvalue weighted by molar-refractivity contribution is 0.154. The highest BCUT2D eigenvalue weighted by molar-refractivity contribution is 6.01. The van der Waals surface area contributed by atoms with E-state index in [1.807, 2.05) is 30.5 Å². The van der Waals surface area contributed by atoms with Gasteiger partial charge in [-0.2, -0.15) is 5.10 Å². The number of aromatic nitrogens is 6. The van der Waals surface area contributed by atoms with E-state index in [9.17, 15) is 4.39 Å². The van der Waals surface area contributed by atoms with E-state index in [1.54, 1.807) is 30.9 Å². The van der Waals surface area contributed by atoms with Crippen LogP contribution in [0.1, 0.15) is 32.1 Å². The highest BCUT2D eigenvalue weighted by Crippen LogP contribution is 2.35. The maximum atomic E-state index is 13.9. The second-order valence-corrected chi connectivity index (χ2v) is 9.82. The van der Waals surface area contributed by atoms with Gasteiger partial charge in [0.05, 0.1) is 47.1 Å². The molecule has 5 aromatic heterocycles. The number of hydrogen-bond acceptors (Lipinski definition) is 5. The van der Waals surface area contributed by atoms with Crippen molar-refractivity contribution in [2.45, 2.75) is 38.2 Å². The Hall–Kier alpha value is -4.59. The SMILES string of the molecule is Fc1cccc(-c2cncc3[nH]c(-c4n[nH]c5cnc(-c6cncc(OC7CCCCC7)c6)cc45)cc23)c1. The molecular formula is C30H25FN6O. The average molecular weight is 505 g/mol. The fraction of sp³-hybridized carbons (Fsp3) is 0.200. The van der Waals surface area contributed by atoms with Crippen LogP contribution in [0.15, 0.2) is 73.4 Å². The van der Waals surface area contributed by atoms with E-state index in [0.29, 0.717) is 0 Å². The summed E-state index contributed by atoms with van der Waals surface area (Å²) in [7, 11) is 0. The second kappa shape index (κ2) is 9.37. The van der Waals surface area contributed by atoms with Gasteiger partial charge in [-0.25, -0.2) is 4.39 Å². The summed E-state index contributed by atoms with van der Waals surface area (Å²) >= 11 is 0. The Morgan fingerprint density at radius 2 is 1.71 bits per heavy atom. The number of nitrogens with zero attached hydrogens (tertiary/aromatic N) is 4. The number of fused-ring (bicyclic) bond motifs is 2. The molecule has 188 valence electrons. The zero-order valence-corrected chi connectivity index (χ0v) is 20.6. The van der Waals surface area contributed by atoms with Crippen molar-refractivity contribution >= 4 is 21.8 Å². The zero-order chi connectivity index (χ0) is 25.5. The van der Waals surface area contributed by atoms with Crippen LogP contribution in [0.5, 0.6) is 5.75 Å². The van der Waals surface area contributed by atoms with Crippen molar-refractivity contribution < 1.29 is 9.13 Å². The van der Waals surface area contributed by atoms with Gasteiger partial charge >= 0.3 is 0 Å². The quantitative estimate of drug-likeness (QED) is 0.262. The van der Waals surface area contributed by atoms with Crippen LogP contribution in [0.4, 0.5) is 4.39 Å². The summed E-state index contributed by atoms with van der Waals surface area (Å²) in [4.78, 5) is 16.9. The summed E-state index contributed by atoms with van der Waals surface area (Å²) in [6.45, 7) is 0. The zero-order valence-electron chi connectivity index (χ0n) is 20.6. The van der Waals surface area contributed by atoms with Crippen molar-refractivity contribution in [3.63, 3.8) is 0 Å². The van der Waals surface area contributed by atoms with Gasteiger partial charge in [0.2, 0.25) is 0 Å². The van der Waals surface area contributed by atoms with Crippen molar-refractivity contribution in [2.24, 2.45) is 0 Å². The first-order chi connectivity index (χ1) is 18.7. The highest BCUT2D eigenvalue weighted by atomic mass is 19.1. The standard InChI is InChI=1S/C30H25FN6O/c31-20-6-4-5-18(9-20)25-15-33-16-28-23(25)11-27(35-28)30-24-12-26(34-17-29(24)36-37-30)19-10-22(14-32-13-19)38-21-7-2-1-3-8-21/h4-6,9-17,21,35H,1-3,7-8H2,(H,36,37). The molecule has 2 N–H and O–H groups in total. The predicted octanol–water partition coefficient (Wildman–Crippen LogP) is 7.08. The van der Waals surface area contributed by atoms with Crippen LogP contribution in [0, 0.1) is 5.82 Å². The molecule has 1 aromatic carbocycles. The summed E-state index contributed by atoms with van der Waals surface area (Å²) < 4.78 is 20.1. The minimum absolute atomic E-state index is 0.255. The topological polar surface area (TPSA) is 92.4 Å². The monoisotopic (exact) mass is 504 g/mol. The van der Waals surface area contributed by atoms with Crippen LogP contribution in [-0.2, 0) is 0 Å². The van der Waals surface area contributed by atoms with Crippen LogP contribution in [0.25, 0.3) is 55.6 Å². The normalized spacial score (nSPS) is 14.3. The van der Waals surface area contributed by atoms with Gasteiger partial charge in [0, 0.05) is 34.3 Å². The molecule has 7 nitrogen and oxygen atoms in total. The third-order valence-electron chi connectivity index (χ3n) is 7.25. The van der Waals surface area contributed by atoms with Gasteiger partial charge < -0.3 is 9.72 Å². The number of ether oxygens (including phenoxy) is 1. The molecule has 1 aliphatic rings. The van der Waals surface area contributed by atoms with Crippen molar-refractivity contribution in [2.75, 3.05) is 0 Å². The average Bonchev–Trinajstić information content (AvgIpc) is 3.57. The maximum absolute atomic E-state index is 13.9. The highest BCUT2D eigenvalue weighted by Gasteiger charge is 2.17. The van der Waals surface area contributed by atoms with Crippen molar-refractivity contribution in [1.29, 1.82) is 0 Å². The van der Waals surface area contributed by atoms with Gasteiger partial charge in [-0.1, -0.05) is 18.6 Å². The molecular weight excluding hydrogens is 479 g/mol. The Labute approximate surface area is 218 Å². The van der Waals surface area contributed by atoms with Gasteiger partial charge in [0.15, 0.2) is 0 Å². The number of halogens is 1. The second-order valence-electron chi connectivity index (χ2n) is 9.82. The summed E-state index contributed by atoms with van der Waals surface area (Å²) in [5.41, 5.74) is 6.59. The molecule has 1 aliphatic carbocycles. The number of H-pyrrole nitrogens is 2. The van der Waals surface area contributed by atoms with Gasteiger partial charge in [0.25, 0.3) is 0 Å². The van der Waals surface area contributed by atoms with Gasteiger partial charge in [-0.15, -0.1) is 0 Å². The lowest BCUT2D eigenvalue weighted by Crippen LogP contribution is -2.19. The van der Waals surface area contributed by atoms with Crippen molar-refractivity contribution in [3.8, 4) is 39.5 Å². The lowest BCUT2D eigenvalue weighted by Gasteiger charge is -2.22. The molecule has 8 heteroatoms. The van der Waals surface area contributed by atoms with E-state index in [1.165, 1.54) is 31.4 Å². The van der Waals surface area contributed by atoms with Crippen LogP contribution >= 0.6 is 0 Å². The van der Waals surface area contributed by atoms with Crippen LogP contribution in [0.3, 0.4) is 0 Å². The molecule has 0 atom stereocenters.